The molecule has 0 bridgehead atoms. The second kappa shape index (κ2) is 5.69. The van der Waals surface area contributed by atoms with Crippen molar-refractivity contribution in [3.63, 3.8) is 0 Å². The molecular weight excluding hydrogens is 236 g/mol. The Morgan fingerprint density at radius 1 is 1.00 bits per heavy atom. The van der Waals surface area contributed by atoms with Gasteiger partial charge in [0.1, 0.15) is 5.82 Å². The molecule has 0 atom stereocenters. The third-order valence-electron chi connectivity index (χ3n) is 3.39. The van der Waals surface area contributed by atoms with E-state index in [1.54, 1.807) is 6.20 Å². The van der Waals surface area contributed by atoms with Gasteiger partial charge in [0.25, 0.3) is 0 Å². The van der Waals surface area contributed by atoms with Crippen molar-refractivity contribution in [1.29, 1.82) is 0 Å². The minimum atomic E-state index is 0.569. The van der Waals surface area contributed by atoms with Gasteiger partial charge in [0.05, 0.1) is 0 Å². The van der Waals surface area contributed by atoms with Gasteiger partial charge in [-0.2, -0.15) is 4.98 Å². The molecule has 0 amide bonds. The molecule has 4 nitrogen and oxygen atoms in total. The lowest BCUT2D eigenvalue weighted by Crippen LogP contribution is -2.15. The number of aromatic nitrogens is 2. The van der Waals surface area contributed by atoms with Gasteiger partial charge in [0.2, 0.25) is 5.95 Å². The van der Waals surface area contributed by atoms with E-state index in [1.165, 1.54) is 25.7 Å². The first-order valence-electron chi connectivity index (χ1n) is 6.82. The zero-order valence-electron chi connectivity index (χ0n) is 10.8. The second-order valence-electron chi connectivity index (χ2n) is 4.88. The Hall–Kier alpha value is -2.10. The van der Waals surface area contributed by atoms with Crippen molar-refractivity contribution in [2.45, 2.75) is 31.7 Å². The Bertz CT molecular complexity index is 521. The molecule has 2 aromatic rings. The van der Waals surface area contributed by atoms with E-state index in [-0.39, 0.29) is 0 Å². The predicted octanol–water partition coefficient (Wildman–Crippen LogP) is 3.57. The molecule has 1 aromatic carbocycles. The van der Waals surface area contributed by atoms with Crippen molar-refractivity contribution >= 4 is 17.5 Å². The van der Waals surface area contributed by atoms with Gasteiger partial charge in [-0.05, 0) is 31.0 Å². The molecule has 0 saturated heterocycles. The fourth-order valence-electron chi connectivity index (χ4n) is 2.43. The summed E-state index contributed by atoms with van der Waals surface area (Å²) in [6.45, 7) is 0. The summed E-state index contributed by atoms with van der Waals surface area (Å²) in [4.78, 5) is 8.75. The molecule has 1 fully saturated rings. The Kier molecular flexibility index (Phi) is 3.58. The highest BCUT2D eigenvalue weighted by Gasteiger charge is 2.14. The first-order valence-corrected chi connectivity index (χ1v) is 6.82. The van der Waals surface area contributed by atoms with Gasteiger partial charge in [-0.15, -0.1) is 0 Å². The van der Waals surface area contributed by atoms with Gasteiger partial charge in [-0.3, -0.25) is 0 Å². The van der Waals surface area contributed by atoms with Gasteiger partial charge in [-0.1, -0.05) is 31.0 Å². The van der Waals surface area contributed by atoms with Gasteiger partial charge >= 0.3 is 0 Å². The van der Waals surface area contributed by atoms with Gasteiger partial charge in [0, 0.05) is 17.9 Å². The van der Waals surface area contributed by atoms with Crippen LogP contribution in [-0.4, -0.2) is 16.0 Å². The fraction of sp³-hybridized carbons (Fsp3) is 0.333. The molecule has 2 N–H and O–H groups in total. The van der Waals surface area contributed by atoms with Crippen LogP contribution in [0.15, 0.2) is 42.6 Å². The minimum absolute atomic E-state index is 0.569. The molecule has 0 aliphatic heterocycles. The van der Waals surface area contributed by atoms with Gasteiger partial charge in [0.15, 0.2) is 0 Å². The molecular formula is C15H18N4. The van der Waals surface area contributed by atoms with E-state index in [1.807, 2.05) is 36.4 Å². The molecule has 3 rings (SSSR count). The monoisotopic (exact) mass is 254 g/mol. The number of benzene rings is 1. The predicted molar refractivity (Wildman–Crippen MR) is 77.6 cm³/mol. The van der Waals surface area contributed by atoms with Crippen LogP contribution in [0.2, 0.25) is 0 Å². The van der Waals surface area contributed by atoms with Crippen LogP contribution in [0.3, 0.4) is 0 Å². The summed E-state index contributed by atoms with van der Waals surface area (Å²) < 4.78 is 0. The van der Waals surface area contributed by atoms with Crippen LogP contribution in [0.25, 0.3) is 0 Å². The first-order chi connectivity index (χ1) is 9.40. The summed E-state index contributed by atoms with van der Waals surface area (Å²) in [7, 11) is 0. The SMILES string of the molecule is c1ccc(Nc2nccc(NC3CCCC3)n2)cc1. The first kappa shape index (κ1) is 12.0. The molecule has 0 unspecified atom stereocenters. The molecule has 0 radical (unpaired) electrons. The number of hydrogen-bond donors (Lipinski definition) is 2. The highest BCUT2D eigenvalue weighted by atomic mass is 15.1. The molecule has 1 aliphatic carbocycles. The topological polar surface area (TPSA) is 49.8 Å². The second-order valence-corrected chi connectivity index (χ2v) is 4.88. The maximum Gasteiger partial charge on any atom is 0.229 e. The molecule has 0 spiro atoms. The summed E-state index contributed by atoms with van der Waals surface area (Å²) >= 11 is 0. The Morgan fingerprint density at radius 3 is 2.58 bits per heavy atom. The van der Waals surface area contributed by atoms with Crippen molar-refractivity contribution in [2.24, 2.45) is 0 Å². The summed E-state index contributed by atoms with van der Waals surface area (Å²) in [6.07, 6.45) is 6.90. The van der Waals surface area contributed by atoms with Crippen LogP contribution in [0, 0.1) is 0 Å². The van der Waals surface area contributed by atoms with Crippen LogP contribution in [0.1, 0.15) is 25.7 Å². The number of para-hydroxylation sites is 1. The summed E-state index contributed by atoms with van der Waals surface area (Å²) in [5.74, 6) is 1.54. The number of nitrogens with zero attached hydrogens (tertiary/aromatic N) is 2. The maximum absolute atomic E-state index is 4.50. The third-order valence-corrected chi connectivity index (χ3v) is 3.39. The largest absolute Gasteiger partial charge is 0.367 e. The molecule has 1 heterocycles. The lowest BCUT2D eigenvalue weighted by molar-refractivity contribution is 0.750. The smallest absolute Gasteiger partial charge is 0.229 e. The lowest BCUT2D eigenvalue weighted by atomic mass is 10.2. The van der Waals surface area contributed by atoms with E-state index in [0.29, 0.717) is 12.0 Å². The van der Waals surface area contributed by atoms with Crippen molar-refractivity contribution in [3.05, 3.63) is 42.6 Å². The normalized spacial score (nSPS) is 15.4. The average Bonchev–Trinajstić information content (AvgIpc) is 2.93. The Balaban J connectivity index is 1.69. The molecule has 19 heavy (non-hydrogen) atoms. The summed E-state index contributed by atoms with van der Waals surface area (Å²) in [6, 6.07) is 12.5. The third kappa shape index (κ3) is 3.22. The fourth-order valence-corrected chi connectivity index (χ4v) is 2.43. The zero-order chi connectivity index (χ0) is 12.9. The van der Waals surface area contributed by atoms with Crippen molar-refractivity contribution in [1.82, 2.24) is 9.97 Å². The van der Waals surface area contributed by atoms with Gasteiger partial charge < -0.3 is 10.6 Å². The van der Waals surface area contributed by atoms with Gasteiger partial charge in [-0.25, -0.2) is 4.98 Å². The van der Waals surface area contributed by atoms with E-state index in [9.17, 15) is 0 Å². The van der Waals surface area contributed by atoms with E-state index in [2.05, 4.69) is 20.6 Å². The minimum Gasteiger partial charge on any atom is -0.367 e. The average molecular weight is 254 g/mol. The number of anilines is 3. The van der Waals surface area contributed by atoms with Crippen LogP contribution < -0.4 is 10.6 Å². The van der Waals surface area contributed by atoms with Crippen LogP contribution in [0.4, 0.5) is 17.5 Å². The van der Waals surface area contributed by atoms with Crippen molar-refractivity contribution in [3.8, 4) is 0 Å². The van der Waals surface area contributed by atoms with Crippen molar-refractivity contribution < 1.29 is 0 Å². The van der Waals surface area contributed by atoms with E-state index < -0.39 is 0 Å². The summed E-state index contributed by atoms with van der Waals surface area (Å²) in [5.41, 5.74) is 1.00. The van der Waals surface area contributed by atoms with Crippen LogP contribution in [-0.2, 0) is 0 Å². The lowest BCUT2D eigenvalue weighted by Gasteiger charge is -2.13. The quantitative estimate of drug-likeness (QED) is 0.875. The van der Waals surface area contributed by atoms with E-state index >= 15 is 0 Å². The zero-order valence-corrected chi connectivity index (χ0v) is 10.8. The highest BCUT2D eigenvalue weighted by Crippen LogP contribution is 2.22. The number of rotatable bonds is 4. The number of nitrogens with one attached hydrogen (secondary N) is 2. The molecule has 1 aromatic heterocycles. The van der Waals surface area contributed by atoms with E-state index in [0.717, 1.165) is 11.5 Å². The standard InChI is InChI=1S/C15H18N4/c1-2-6-13(7-3-1)18-15-16-11-10-14(19-15)17-12-8-4-5-9-12/h1-3,6-7,10-12H,4-5,8-9H2,(H2,16,17,18,19). The Morgan fingerprint density at radius 2 is 1.79 bits per heavy atom. The van der Waals surface area contributed by atoms with E-state index in [4.69, 9.17) is 0 Å². The maximum atomic E-state index is 4.50. The van der Waals surface area contributed by atoms with Crippen LogP contribution >= 0.6 is 0 Å². The number of hydrogen-bond acceptors (Lipinski definition) is 4. The molecule has 98 valence electrons. The molecule has 1 saturated carbocycles. The molecule has 4 heteroatoms. The Labute approximate surface area is 113 Å². The molecule has 1 aliphatic rings. The van der Waals surface area contributed by atoms with Crippen molar-refractivity contribution in [2.75, 3.05) is 10.6 Å². The summed E-state index contributed by atoms with van der Waals surface area (Å²) in [5, 5.41) is 6.68. The highest BCUT2D eigenvalue weighted by molar-refractivity contribution is 5.54. The van der Waals surface area contributed by atoms with Crippen LogP contribution in [0.5, 0.6) is 0 Å².